The van der Waals surface area contributed by atoms with Gasteiger partial charge in [-0.1, -0.05) is 13.0 Å². The Morgan fingerprint density at radius 3 is 2.94 bits per heavy atom. The Kier molecular flexibility index (Phi) is 2.83. The summed E-state index contributed by atoms with van der Waals surface area (Å²) in [7, 11) is 0. The van der Waals surface area contributed by atoms with E-state index in [0.29, 0.717) is 11.7 Å². The predicted molar refractivity (Wildman–Crippen MR) is 69.4 cm³/mol. The zero-order valence-corrected chi connectivity index (χ0v) is 10.5. The van der Waals surface area contributed by atoms with Gasteiger partial charge in [0, 0.05) is 19.6 Å². The number of phenols is 1. The molecular weight excluding hydrogens is 210 g/mol. The van der Waals surface area contributed by atoms with Crippen LogP contribution in [0, 0.1) is 5.92 Å². The van der Waals surface area contributed by atoms with Crippen molar-refractivity contribution in [2.24, 2.45) is 5.92 Å². The van der Waals surface area contributed by atoms with Gasteiger partial charge in [0.05, 0.1) is 0 Å². The van der Waals surface area contributed by atoms with E-state index in [-0.39, 0.29) is 0 Å². The van der Waals surface area contributed by atoms with Crippen molar-refractivity contribution < 1.29 is 5.11 Å². The van der Waals surface area contributed by atoms with Crippen LogP contribution in [0.5, 0.6) is 5.75 Å². The van der Waals surface area contributed by atoms with Gasteiger partial charge in [-0.25, -0.2) is 0 Å². The monoisotopic (exact) mass is 231 g/mol. The van der Waals surface area contributed by atoms with Crippen molar-refractivity contribution in [3.8, 4) is 5.75 Å². The molecule has 0 aromatic heterocycles. The summed E-state index contributed by atoms with van der Waals surface area (Å²) in [4.78, 5) is 2.61. The molecule has 1 atom stereocenters. The molecule has 2 aliphatic rings. The summed E-state index contributed by atoms with van der Waals surface area (Å²) in [5, 5.41) is 9.61. The predicted octanol–water partition coefficient (Wildman–Crippen LogP) is 2.76. The van der Waals surface area contributed by atoms with Crippen LogP contribution in [0.2, 0.25) is 0 Å². The number of phenolic OH excluding ortho intramolecular Hbond substituents is 1. The molecule has 1 saturated carbocycles. The molecule has 1 aliphatic carbocycles. The highest BCUT2D eigenvalue weighted by atomic mass is 16.3. The van der Waals surface area contributed by atoms with E-state index in [1.165, 1.54) is 37.1 Å². The van der Waals surface area contributed by atoms with Gasteiger partial charge in [0.2, 0.25) is 0 Å². The van der Waals surface area contributed by atoms with Gasteiger partial charge >= 0.3 is 0 Å². The normalized spacial score (nSPS) is 25.4. The lowest BCUT2D eigenvalue weighted by molar-refractivity contribution is 0.261. The minimum atomic E-state index is 0.409. The Hall–Kier alpha value is -1.02. The van der Waals surface area contributed by atoms with Crippen LogP contribution < -0.4 is 0 Å². The molecule has 1 heterocycles. The summed E-state index contributed by atoms with van der Waals surface area (Å²) >= 11 is 0. The molecule has 1 aliphatic heterocycles. The molecule has 3 rings (SSSR count). The number of aromatic hydroxyl groups is 1. The summed E-state index contributed by atoms with van der Waals surface area (Å²) in [6.07, 6.45) is 3.99. The van der Waals surface area contributed by atoms with E-state index in [2.05, 4.69) is 17.9 Å². The average molecular weight is 231 g/mol. The molecule has 0 spiro atoms. The van der Waals surface area contributed by atoms with E-state index in [1.807, 2.05) is 12.1 Å². The number of hydrogen-bond donors (Lipinski definition) is 1. The quantitative estimate of drug-likeness (QED) is 0.846. The van der Waals surface area contributed by atoms with Gasteiger partial charge in [0.15, 0.2) is 0 Å². The van der Waals surface area contributed by atoms with E-state index in [0.717, 1.165) is 18.9 Å². The fourth-order valence-electron chi connectivity index (χ4n) is 2.96. The van der Waals surface area contributed by atoms with Crippen LogP contribution in [-0.4, -0.2) is 29.6 Å². The van der Waals surface area contributed by atoms with Crippen LogP contribution in [-0.2, 0) is 6.42 Å². The standard InChI is InChI=1S/C15H21NO/c1-11-9-16(10-12-2-3-12)7-6-13-4-5-14(17)8-15(11)13/h4-5,8,11-12,17H,2-3,6-7,9-10H2,1H3. The Balaban J connectivity index is 1.78. The fourth-order valence-corrected chi connectivity index (χ4v) is 2.96. The van der Waals surface area contributed by atoms with Crippen molar-refractivity contribution in [3.05, 3.63) is 29.3 Å². The highest BCUT2D eigenvalue weighted by molar-refractivity contribution is 5.38. The second kappa shape index (κ2) is 4.34. The number of benzene rings is 1. The van der Waals surface area contributed by atoms with Gasteiger partial charge in [-0.3, -0.25) is 0 Å². The van der Waals surface area contributed by atoms with Crippen molar-refractivity contribution in [1.29, 1.82) is 0 Å². The van der Waals surface area contributed by atoms with Crippen LogP contribution in [0.15, 0.2) is 18.2 Å². The zero-order valence-electron chi connectivity index (χ0n) is 10.5. The summed E-state index contributed by atoms with van der Waals surface area (Å²) in [6, 6.07) is 5.88. The molecule has 1 aromatic rings. The molecule has 1 fully saturated rings. The number of nitrogens with zero attached hydrogens (tertiary/aromatic N) is 1. The maximum Gasteiger partial charge on any atom is 0.115 e. The third-order valence-corrected chi connectivity index (χ3v) is 4.10. The molecule has 0 bridgehead atoms. The topological polar surface area (TPSA) is 23.5 Å². The van der Waals surface area contributed by atoms with Crippen LogP contribution in [0.4, 0.5) is 0 Å². The molecular formula is C15H21NO. The molecule has 1 N–H and O–H groups in total. The largest absolute Gasteiger partial charge is 0.508 e. The number of fused-ring (bicyclic) bond motifs is 1. The second-order valence-electron chi connectivity index (χ2n) is 5.74. The first-order valence-electron chi connectivity index (χ1n) is 6.76. The minimum absolute atomic E-state index is 0.409. The van der Waals surface area contributed by atoms with E-state index < -0.39 is 0 Å². The van der Waals surface area contributed by atoms with Crippen LogP contribution in [0.25, 0.3) is 0 Å². The van der Waals surface area contributed by atoms with Gasteiger partial charge < -0.3 is 10.0 Å². The Bertz CT molecular complexity index is 411. The lowest BCUT2D eigenvalue weighted by Crippen LogP contribution is -2.29. The van der Waals surface area contributed by atoms with Gasteiger partial charge in [-0.05, 0) is 54.4 Å². The summed E-state index contributed by atoms with van der Waals surface area (Å²) in [5.74, 6) is 1.92. The van der Waals surface area contributed by atoms with Crippen LogP contribution >= 0.6 is 0 Å². The summed E-state index contributed by atoms with van der Waals surface area (Å²) in [5.41, 5.74) is 2.77. The summed E-state index contributed by atoms with van der Waals surface area (Å²) < 4.78 is 0. The van der Waals surface area contributed by atoms with Crippen LogP contribution in [0.3, 0.4) is 0 Å². The second-order valence-corrected chi connectivity index (χ2v) is 5.74. The van der Waals surface area contributed by atoms with Gasteiger partial charge in [0.25, 0.3) is 0 Å². The van der Waals surface area contributed by atoms with E-state index in [1.54, 1.807) is 0 Å². The van der Waals surface area contributed by atoms with Crippen molar-refractivity contribution in [3.63, 3.8) is 0 Å². The zero-order chi connectivity index (χ0) is 11.8. The highest BCUT2D eigenvalue weighted by Crippen LogP contribution is 2.33. The molecule has 1 unspecified atom stereocenters. The molecule has 2 heteroatoms. The molecule has 17 heavy (non-hydrogen) atoms. The van der Waals surface area contributed by atoms with Crippen molar-refractivity contribution in [2.75, 3.05) is 19.6 Å². The third kappa shape index (κ3) is 2.47. The average Bonchev–Trinajstić information content (AvgIpc) is 3.10. The smallest absolute Gasteiger partial charge is 0.115 e. The Morgan fingerprint density at radius 2 is 2.18 bits per heavy atom. The maximum absolute atomic E-state index is 9.61. The van der Waals surface area contributed by atoms with Crippen LogP contribution in [0.1, 0.15) is 36.8 Å². The Labute approximate surface area is 103 Å². The maximum atomic E-state index is 9.61. The van der Waals surface area contributed by atoms with Crippen molar-refractivity contribution >= 4 is 0 Å². The van der Waals surface area contributed by atoms with Gasteiger partial charge in [0.1, 0.15) is 5.75 Å². The van der Waals surface area contributed by atoms with Gasteiger partial charge in [-0.2, -0.15) is 0 Å². The lowest BCUT2D eigenvalue weighted by atomic mass is 9.95. The molecule has 0 radical (unpaired) electrons. The Morgan fingerprint density at radius 1 is 1.35 bits per heavy atom. The first-order chi connectivity index (χ1) is 8.22. The fraction of sp³-hybridized carbons (Fsp3) is 0.600. The lowest BCUT2D eigenvalue weighted by Gasteiger charge is -2.22. The van der Waals surface area contributed by atoms with E-state index in [4.69, 9.17) is 0 Å². The van der Waals surface area contributed by atoms with E-state index in [9.17, 15) is 5.11 Å². The highest BCUT2D eigenvalue weighted by Gasteiger charge is 2.27. The first kappa shape index (κ1) is 11.1. The summed E-state index contributed by atoms with van der Waals surface area (Å²) in [6.45, 7) is 5.89. The third-order valence-electron chi connectivity index (χ3n) is 4.10. The first-order valence-corrected chi connectivity index (χ1v) is 6.76. The molecule has 1 aromatic carbocycles. The number of hydrogen-bond acceptors (Lipinski definition) is 2. The van der Waals surface area contributed by atoms with E-state index >= 15 is 0 Å². The van der Waals surface area contributed by atoms with Crippen molar-refractivity contribution in [2.45, 2.75) is 32.1 Å². The molecule has 0 amide bonds. The SMILES string of the molecule is CC1CN(CC2CC2)CCc2ccc(O)cc21. The molecule has 0 saturated heterocycles. The minimum Gasteiger partial charge on any atom is -0.508 e. The van der Waals surface area contributed by atoms with Gasteiger partial charge in [-0.15, -0.1) is 0 Å². The molecule has 2 nitrogen and oxygen atoms in total. The molecule has 92 valence electrons. The number of rotatable bonds is 2. The van der Waals surface area contributed by atoms with Crippen molar-refractivity contribution in [1.82, 2.24) is 4.90 Å².